The Balaban J connectivity index is 1.75. The van der Waals surface area contributed by atoms with E-state index in [4.69, 9.17) is 0 Å². The van der Waals surface area contributed by atoms with Gasteiger partial charge in [0.25, 0.3) is 5.56 Å². The molecular weight excluding hydrogens is 366 g/mol. The summed E-state index contributed by atoms with van der Waals surface area (Å²) in [6.07, 6.45) is 8.86. The fourth-order valence-corrected chi connectivity index (χ4v) is 5.15. The van der Waals surface area contributed by atoms with Crippen molar-refractivity contribution >= 4 is 5.78 Å². The molecule has 1 aromatic heterocycles. The van der Waals surface area contributed by atoms with E-state index in [1.807, 2.05) is 6.92 Å². The lowest BCUT2D eigenvalue weighted by Gasteiger charge is -2.42. The van der Waals surface area contributed by atoms with Gasteiger partial charge in [0.2, 0.25) is 0 Å². The number of H-pyrrole nitrogens is 1. The maximum Gasteiger partial charge on any atom is 0.262 e. The zero-order chi connectivity index (χ0) is 20.7. The van der Waals surface area contributed by atoms with Crippen LogP contribution in [-0.2, 0) is 0 Å². The van der Waals surface area contributed by atoms with Crippen LogP contribution in [0, 0.1) is 29.6 Å². The first-order valence-corrected chi connectivity index (χ1v) is 10.3. The van der Waals surface area contributed by atoms with Crippen LogP contribution in [0.2, 0.25) is 0 Å². The molecule has 0 bridgehead atoms. The van der Waals surface area contributed by atoms with Crippen molar-refractivity contribution in [3.8, 4) is 22.6 Å². The second-order valence-corrected chi connectivity index (χ2v) is 8.68. The number of aromatic hydroxyl groups is 2. The van der Waals surface area contributed by atoms with Gasteiger partial charge in [-0.25, -0.2) is 0 Å². The maximum absolute atomic E-state index is 13.6. The topological polar surface area (TPSA) is 90.4 Å². The molecule has 0 unspecified atom stereocenters. The summed E-state index contributed by atoms with van der Waals surface area (Å²) < 4.78 is 0. The van der Waals surface area contributed by atoms with Crippen LogP contribution in [0.25, 0.3) is 11.1 Å². The number of phenols is 1. The number of hydrogen-bond acceptors (Lipinski definition) is 4. The number of allylic oxidation sites excluding steroid dienone is 2. The maximum atomic E-state index is 13.6. The summed E-state index contributed by atoms with van der Waals surface area (Å²) in [7, 11) is 0. The number of nitrogens with one attached hydrogen (secondary N) is 1. The lowest BCUT2D eigenvalue weighted by Crippen LogP contribution is -2.40. The lowest BCUT2D eigenvalue weighted by atomic mass is 9.61. The second-order valence-electron chi connectivity index (χ2n) is 8.68. The molecule has 0 saturated heterocycles. The number of Topliss-reactive ketones (excluding diaryl/α,β-unsaturated/α-hetero) is 1. The summed E-state index contributed by atoms with van der Waals surface area (Å²) in [5.41, 5.74) is 0.282. The molecule has 5 atom stereocenters. The molecule has 1 heterocycles. The molecular formula is C24H27NO4. The molecule has 3 N–H and O–H groups in total. The van der Waals surface area contributed by atoms with E-state index >= 15 is 0 Å². The first-order chi connectivity index (χ1) is 13.9. The molecule has 5 nitrogen and oxygen atoms in total. The summed E-state index contributed by atoms with van der Waals surface area (Å²) in [6.45, 7) is 4.26. The van der Waals surface area contributed by atoms with E-state index in [1.165, 1.54) is 18.3 Å². The Morgan fingerprint density at radius 1 is 1.07 bits per heavy atom. The predicted molar refractivity (Wildman–Crippen MR) is 112 cm³/mol. The van der Waals surface area contributed by atoms with Crippen LogP contribution in [0.4, 0.5) is 0 Å². The number of pyridine rings is 1. The molecule has 4 rings (SSSR count). The van der Waals surface area contributed by atoms with E-state index < -0.39 is 5.56 Å². The van der Waals surface area contributed by atoms with Gasteiger partial charge in [-0.05, 0) is 54.2 Å². The van der Waals surface area contributed by atoms with Crippen molar-refractivity contribution < 1.29 is 15.0 Å². The van der Waals surface area contributed by atoms with Gasteiger partial charge in [0.1, 0.15) is 17.1 Å². The highest BCUT2D eigenvalue weighted by atomic mass is 16.3. The molecule has 5 heteroatoms. The van der Waals surface area contributed by atoms with Crippen molar-refractivity contribution in [2.75, 3.05) is 0 Å². The summed E-state index contributed by atoms with van der Waals surface area (Å²) in [6, 6.07) is 6.29. The minimum absolute atomic E-state index is 0.0216. The van der Waals surface area contributed by atoms with Gasteiger partial charge in [0, 0.05) is 17.7 Å². The van der Waals surface area contributed by atoms with E-state index in [1.54, 1.807) is 12.1 Å². The Bertz CT molecular complexity index is 1000. The zero-order valence-electron chi connectivity index (χ0n) is 16.8. The minimum atomic E-state index is -0.558. The molecule has 2 aliphatic carbocycles. The highest BCUT2D eigenvalue weighted by Crippen LogP contribution is 2.46. The van der Waals surface area contributed by atoms with Crippen LogP contribution in [-0.4, -0.2) is 21.0 Å². The average Bonchev–Trinajstić information content (AvgIpc) is 2.69. The standard InChI is InChI=1S/C24H27NO4/c1-13-3-10-18-16(11-13)5-4-14(2)20(18)23(28)21-22(27)19(12-25-24(21)29)15-6-8-17(26)9-7-15/h4-9,12-14,16,18,20,26H,3,10-11H2,1-2H3,(H2,25,27,29)/t13-,14-,16-,18-,20-/m0/s1. The largest absolute Gasteiger partial charge is 0.508 e. The predicted octanol–water partition coefficient (Wildman–Crippen LogP) is 4.51. The van der Waals surface area contributed by atoms with E-state index in [9.17, 15) is 19.8 Å². The van der Waals surface area contributed by atoms with Gasteiger partial charge >= 0.3 is 0 Å². The molecule has 1 fully saturated rings. The van der Waals surface area contributed by atoms with Crippen LogP contribution in [0.5, 0.6) is 11.5 Å². The molecule has 29 heavy (non-hydrogen) atoms. The Kier molecular flexibility index (Phi) is 5.07. The van der Waals surface area contributed by atoms with Crippen molar-refractivity contribution in [3.05, 3.63) is 58.5 Å². The molecule has 0 amide bonds. The van der Waals surface area contributed by atoms with Crippen LogP contribution in [0.3, 0.4) is 0 Å². The van der Waals surface area contributed by atoms with Crippen LogP contribution >= 0.6 is 0 Å². The molecule has 152 valence electrons. The van der Waals surface area contributed by atoms with Crippen molar-refractivity contribution in [3.63, 3.8) is 0 Å². The number of benzene rings is 1. The van der Waals surface area contributed by atoms with Crippen molar-refractivity contribution in [1.29, 1.82) is 0 Å². The molecule has 1 aromatic carbocycles. The first kappa shape index (κ1) is 19.5. The van der Waals surface area contributed by atoms with E-state index in [-0.39, 0.29) is 40.6 Å². The number of rotatable bonds is 3. The lowest BCUT2D eigenvalue weighted by molar-refractivity contribution is 0.0688. The third-order valence-electron chi connectivity index (χ3n) is 6.70. The fourth-order valence-electron chi connectivity index (χ4n) is 5.15. The monoisotopic (exact) mass is 393 g/mol. The van der Waals surface area contributed by atoms with Crippen LogP contribution < -0.4 is 5.56 Å². The number of carbonyl (C=O) groups excluding carboxylic acids is 1. The van der Waals surface area contributed by atoms with Gasteiger partial charge in [0.05, 0.1) is 0 Å². The SMILES string of the molecule is C[C@H]1CC[C@@H]2[C@@H](C(=O)c3c(O)c(-c4ccc(O)cc4)c[nH]c3=O)[C@@H](C)C=C[C@H]2C1. The third kappa shape index (κ3) is 3.50. The van der Waals surface area contributed by atoms with Crippen LogP contribution in [0.1, 0.15) is 43.5 Å². The number of phenolic OH excluding ortho intramolecular Hbond substituents is 1. The smallest absolute Gasteiger partial charge is 0.262 e. The highest BCUT2D eigenvalue weighted by Gasteiger charge is 2.42. The van der Waals surface area contributed by atoms with Gasteiger partial charge in [0.15, 0.2) is 5.78 Å². The Hall–Kier alpha value is -2.82. The molecule has 2 aliphatic rings. The quantitative estimate of drug-likeness (QED) is 0.529. The third-order valence-corrected chi connectivity index (χ3v) is 6.70. The van der Waals surface area contributed by atoms with E-state index in [0.717, 1.165) is 19.3 Å². The Morgan fingerprint density at radius 2 is 1.79 bits per heavy atom. The van der Waals surface area contributed by atoms with Crippen LogP contribution in [0.15, 0.2) is 47.4 Å². The van der Waals surface area contributed by atoms with Crippen molar-refractivity contribution in [2.24, 2.45) is 29.6 Å². The molecule has 2 aromatic rings. The Labute approximate surface area is 170 Å². The number of carbonyl (C=O) groups is 1. The molecule has 0 spiro atoms. The van der Waals surface area contributed by atoms with Gasteiger partial charge in [-0.2, -0.15) is 0 Å². The first-order valence-electron chi connectivity index (χ1n) is 10.3. The highest BCUT2D eigenvalue weighted by molar-refractivity contribution is 6.02. The van der Waals surface area contributed by atoms with Gasteiger partial charge in [-0.1, -0.05) is 44.6 Å². The molecule has 0 aliphatic heterocycles. The summed E-state index contributed by atoms with van der Waals surface area (Å²) in [5.74, 6) is 0.458. The van der Waals surface area contributed by atoms with E-state index in [2.05, 4.69) is 24.1 Å². The summed E-state index contributed by atoms with van der Waals surface area (Å²) >= 11 is 0. The second kappa shape index (κ2) is 7.54. The van der Waals surface area contributed by atoms with Gasteiger partial charge < -0.3 is 15.2 Å². The molecule has 1 saturated carbocycles. The minimum Gasteiger partial charge on any atom is -0.508 e. The normalized spacial score (nSPS) is 28.7. The number of hydrogen-bond donors (Lipinski definition) is 3. The summed E-state index contributed by atoms with van der Waals surface area (Å²) in [4.78, 5) is 28.8. The van der Waals surface area contributed by atoms with E-state index in [0.29, 0.717) is 23.0 Å². The number of aromatic nitrogens is 1. The fraction of sp³-hybridized carbons (Fsp3) is 0.417. The van der Waals surface area contributed by atoms with Crippen molar-refractivity contribution in [2.45, 2.75) is 33.1 Å². The average molecular weight is 393 g/mol. The van der Waals surface area contributed by atoms with Gasteiger partial charge in [-0.15, -0.1) is 0 Å². The van der Waals surface area contributed by atoms with Crippen molar-refractivity contribution in [1.82, 2.24) is 4.98 Å². The van der Waals surface area contributed by atoms with Gasteiger partial charge in [-0.3, -0.25) is 9.59 Å². The number of aromatic amines is 1. The number of fused-ring (bicyclic) bond motifs is 1. The molecule has 0 radical (unpaired) electrons. The number of ketones is 1. The summed E-state index contributed by atoms with van der Waals surface area (Å²) in [5, 5.41) is 20.4. The zero-order valence-corrected chi connectivity index (χ0v) is 16.8. The Morgan fingerprint density at radius 3 is 2.52 bits per heavy atom.